The molecule has 96 valence electrons. The van der Waals surface area contributed by atoms with E-state index in [4.69, 9.17) is 0 Å². The molecule has 18 heavy (non-hydrogen) atoms. The Labute approximate surface area is 109 Å². The van der Waals surface area contributed by atoms with Crippen LogP contribution in [0.25, 0.3) is 0 Å². The topological polar surface area (TPSA) is 62.7 Å². The van der Waals surface area contributed by atoms with Crippen LogP contribution in [0.1, 0.15) is 19.0 Å². The molecular weight excluding hydrogens is 253 g/mol. The Kier molecular flexibility index (Phi) is 4.40. The maximum Gasteiger partial charge on any atom is 0.224 e. The van der Waals surface area contributed by atoms with Crippen LogP contribution in [0.3, 0.4) is 0 Å². The molecule has 2 aromatic heterocycles. The molecule has 0 aliphatic carbocycles. The van der Waals surface area contributed by atoms with E-state index in [9.17, 15) is 4.39 Å². The SMILES string of the molecule is CCCNc1ncc(F)c(NCc2cscn2)n1. The predicted molar refractivity (Wildman–Crippen MR) is 70.2 cm³/mol. The van der Waals surface area contributed by atoms with E-state index in [0.717, 1.165) is 24.9 Å². The molecule has 0 aliphatic heterocycles. The van der Waals surface area contributed by atoms with Crippen molar-refractivity contribution in [2.45, 2.75) is 19.9 Å². The van der Waals surface area contributed by atoms with Gasteiger partial charge in [0, 0.05) is 11.9 Å². The van der Waals surface area contributed by atoms with Gasteiger partial charge in [-0.25, -0.2) is 14.4 Å². The molecular formula is C11H14FN5S. The van der Waals surface area contributed by atoms with Gasteiger partial charge in [-0.1, -0.05) is 6.92 Å². The second-order valence-corrected chi connectivity index (χ2v) is 4.37. The summed E-state index contributed by atoms with van der Waals surface area (Å²) in [5, 5.41) is 7.83. The van der Waals surface area contributed by atoms with E-state index in [0.29, 0.717) is 12.5 Å². The number of hydrogen-bond donors (Lipinski definition) is 2. The van der Waals surface area contributed by atoms with Gasteiger partial charge in [0.1, 0.15) is 0 Å². The van der Waals surface area contributed by atoms with E-state index in [2.05, 4.69) is 25.6 Å². The van der Waals surface area contributed by atoms with Gasteiger partial charge >= 0.3 is 0 Å². The minimum absolute atomic E-state index is 0.191. The largest absolute Gasteiger partial charge is 0.362 e. The fourth-order valence-electron chi connectivity index (χ4n) is 1.31. The van der Waals surface area contributed by atoms with Crippen LogP contribution in [0.4, 0.5) is 16.2 Å². The van der Waals surface area contributed by atoms with Crippen molar-refractivity contribution >= 4 is 23.1 Å². The molecule has 2 aromatic rings. The zero-order valence-corrected chi connectivity index (χ0v) is 10.8. The summed E-state index contributed by atoms with van der Waals surface area (Å²) < 4.78 is 13.5. The van der Waals surface area contributed by atoms with Crippen molar-refractivity contribution in [3.63, 3.8) is 0 Å². The Balaban J connectivity index is 2.01. The molecule has 2 N–H and O–H groups in total. The van der Waals surface area contributed by atoms with Gasteiger partial charge in [-0.3, -0.25) is 0 Å². The highest BCUT2D eigenvalue weighted by atomic mass is 32.1. The number of halogens is 1. The second kappa shape index (κ2) is 6.25. The van der Waals surface area contributed by atoms with Gasteiger partial charge < -0.3 is 10.6 Å². The van der Waals surface area contributed by atoms with E-state index < -0.39 is 5.82 Å². The van der Waals surface area contributed by atoms with Gasteiger partial charge in [-0.15, -0.1) is 11.3 Å². The number of nitrogens with one attached hydrogen (secondary N) is 2. The van der Waals surface area contributed by atoms with Gasteiger partial charge in [-0.2, -0.15) is 4.98 Å². The summed E-state index contributed by atoms with van der Waals surface area (Å²) >= 11 is 1.50. The Morgan fingerprint density at radius 1 is 1.33 bits per heavy atom. The molecule has 0 bridgehead atoms. The fourth-order valence-corrected chi connectivity index (χ4v) is 1.87. The highest BCUT2D eigenvalue weighted by molar-refractivity contribution is 7.07. The molecule has 0 saturated heterocycles. The van der Waals surface area contributed by atoms with E-state index in [1.807, 2.05) is 12.3 Å². The highest BCUT2D eigenvalue weighted by Crippen LogP contribution is 2.13. The van der Waals surface area contributed by atoms with Gasteiger partial charge in [0.05, 0.1) is 23.9 Å². The first kappa shape index (κ1) is 12.7. The number of aromatic nitrogens is 3. The molecule has 2 rings (SSSR count). The lowest BCUT2D eigenvalue weighted by atomic mass is 10.4. The number of anilines is 2. The monoisotopic (exact) mass is 267 g/mol. The van der Waals surface area contributed by atoms with Crippen LogP contribution in [0.5, 0.6) is 0 Å². The van der Waals surface area contributed by atoms with E-state index in [1.165, 1.54) is 11.3 Å². The van der Waals surface area contributed by atoms with Gasteiger partial charge in [0.15, 0.2) is 11.6 Å². The van der Waals surface area contributed by atoms with Crippen molar-refractivity contribution in [1.82, 2.24) is 15.0 Å². The third kappa shape index (κ3) is 3.36. The quantitative estimate of drug-likeness (QED) is 0.842. The summed E-state index contributed by atoms with van der Waals surface area (Å²) in [6.07, 6.45) is 2.12. The van der Waals surface area contributed by atoms with Crippen LogP contribution in [-0.4, -0.2) is 21.5 Å². The maximum absolute atomic E-state index is 13.5. The summed E-state index contributed by atoms with van der Waals surface area (Å²) in [6.45, 7) is 3.25. The molecule has 0 spiro atoms. The summed E-state index contributed by atoms with van der Waals surface area (Å²) in [5.74, 6) is 0.155. The van der Waals surface area contributed by atoms with Crippen molar-refractivity contribution in [3.05, 3.63) is 28.6 Å². The zero-order valence-electron chi connectivity index (χ0n) is 9.98. The van der Waals surface area contributed by atoms with Crippen molar-refractivity contribution in [3.8, 4) is 0 Å². The Bertz CT molecular complexity index is 488. The van der Waals surface area contributed by atoms with Crippen molar-refractivity contribution in [2.24, 2.45) is 0 Å². The fraction of sp³-hybridized carbons (Fsp3) is 0.364. The maximum atomic E-state index is 13.5. The molecule has 0 saturated carbocycles. The predicted octanol–water partition coefficient (Wildman–Crippen LogP) is 2.51. The van der Waals surface area contributed by atoms with Gasteiger partial charge in [-0.05, 0) is 6.42 Å². The Hall–Kier alpha value is -1.76. The van der Waals surface area contributed by atoms with Gasteiger partial charge in [0.25, 0.3) is 0 Å². The molecule has 0 amide bonds. The molecule has 0 aliphatic rings. The lowest BCUT2D eigenvalue weighted by Gasteiger charge is -2.07. The normalized spacial score (nSPS) is 10.3. The molecule has 0 atom stereocenters. The van der Waals surface area contributed by atoms with Crippen LogP contribution in [-0.2, 0) is 6.54 Å². The number of thiazole rings is 1. The second-order valence-electron chi connectivity index (χ2n) is 3.65. The average Bonchev–Trinajstić information content (AvgIpc) is 2.89. The van der Waals surface area contributed by atoms with E-state index >= 15 is 0 Å². The summed E-state index contributed by atoms with van der Waals surface area (Å²) in [4.78, 5) is 12.1. The van der Waals surface area contributed by atoms with Crippen LogP contribution in [0.2, 0.25) is 0 Å². The van der Waals surface area contributed by atoms with Crippen molar-refractivity contribution in [2.75, 3.05) is 17.2 Å². The molecule has 7 heteroatoms. The Morgan fingerprint density at radius 2 is 2.22 bits per heavy atom. The van der Waals surface area contributed by atoms with Crippen LogP contribution >= 0.6 is 11.3 Å². The summed E-state index contributed by atoms with van der Waals surface area (Å²) in [6, 6.07) is 0. The lowest BCUT2D eigenvalue weighted by molar-refractivity contribution is 0.617. The molecule has 0 aromatic carbocycles. The first-order valence-corrected chi connectivity index (χ1v) is 6.61. The molecule has 0 radical (unpaired) electrons. The first-order valence-electron chi connectivity index (χ1n) is 5.67. The molecule has 0 fully saturated rings. The standard InChI is InChI=1S/C11H14FN5S/c1-2-3-13-11-15-5-9(12)10(17-11)14-4-8-6-18-7-16-8/h5-7H,2-4H2,1H3,(H2,13,14,15,17). The van der Waals surface area contributed by atoms with E-state index in [-0.39, 0.29) is 5.82 Å². The highest BCUT2D eigenvalue weighted by Gasteiger charge is 2.06. The third-order valence-corrected chi connectivity index (χ3v) is 2.83. The molecule has 0 unspecified atom stereocenters. The third-order valence-electron chi connectivity index (χ3n) is 2.20. The van der Waals surface area contributed by atoms with E-state index in [1.54, 1.807) is 5.51 Å². The molecule has 5 nitrogen and oxygen atoms in total. The average molecular weight is 267 g/mol. The van der Waals surface area contributed by atoms with Crippen LogP contribution in [0, 0.1) is 5.82 Å². The number of hydrogen-bond acceptors (Lipinski definition) is 6. The van der Waals surface area contributed by atoms with Crippen LogP contribution < -0.4 is 10.6 Å². The first-order chi connectivity index (χ1) is 8.79. The minimum Gasteiger partial charge on any atom is -0.362 e. The summed E-state index contributed by atoms with van der Waals surface area (Å²) in [5.41, 5.74) is 2.60. The molecule has 2 heterocycles. The minimum atomic E-state index is -0.465. The lowest BCUT2D eigenvalue weighted by Crippen LogP contribution is -2.09. The van der Waals surface area contributed by atoms with Crippen molar-refractivity contribution < 1.29 is 4.39 Å². The Morgan fingerprint density at radius 3 is 2.94 bits per heavy atom. The van der Waals surface area contributed by atoms with Crippen LogP contribution in [0.15, 0.2) is 17.1 Å². The smallest absolute Gasteiger partial charge is 0.224 e. The summed E-state index contributed by atoms with van der Waals surface area (Å²) in [7, 11) is 0. The number of nitrogens with zero attached hydrogens (tertiary/aromatic N) is 3. The van der Waals surface area contributed by atoms with Gasteiger partial charge in [0.2, 0.25) is 5.95 Å². The zero-order chi connectivity index (χ0) is 12.8. The number of rotatable bonds is 6. The van der Waals surface area contributed by atoms with Crippen molar-refractivity contribution in [1.29, 1.82) is 0 Å².